The van der Waals surface area contributed by atoms with Gasteiger partial charge < -0.3 is 5.32 Å². The minimum atomic E-state index is 0.756. The van der Waals surface area contributed by atoms with Gasteiger partial charge in [0.15, 0.2) is 0 Å². The summed E-state index contributed by atoms with van der Waals surface area (Å²) in [7, 11) is 0. The third kappa shape index (κ3) is 3.46. The van der Waals surface area contributed by atoms with E-state index in [1.165, 1.54) is 5.56 Å². The summed E-state index contributed by atoms with van der Waals surface area (Å²) in [5, 5.41) is 3.35. The summed E-state index contributed by atoms with van der Waals surface area (Å²) >= 11 is 3.42. The molecule has 0 atom stereocenters. The van der Waals surface area contributed by atoms with Crippen molar-refractivity contribution in [2.75, 3.05) is 11.9 Å². The molecule has 0 amide bonds. The lowest BCUT2D eigenvalue weighted by atomic mass is 10.1. The van der Waals surface area contributed by atoms with Crippen LogP contribution in [0.25, 0.3) is 5.57 Å². The number of anilines is 1. The maximum absolute atomic E-state index is 4.09. The van der Waals surface area contributed by atoms with Gasteiger partial charge in [-0.3, -0.25) is 0 Å². The van der Waals surface area contributed by atoms with E-state index in [9.17, 15) is 0 Å². The molecule has 2 aromatic rings. The van der Waals surface area contributed by atoms with Gasteiger partial charge in [-0.2, -0.15) is 0 Å². The maximum Gasteiger partial charge on any atom is 0.0400 e. The van der Waals surface area contributed by atoms with Crippen LogP contribution in [0.5, 0.6) is 0 Å². The summed E-state index contributed by atoms with van der Waals surface area (Å²) in [6.07, 6.45) is 0. The predicted molar refractivity (Wildman–Crippen MR) is 78.1 cm³/mol. The SMILES string of the molecule is C=C(CNc1ccc(Br)cc1)c1ccccc1. The summed E-state index contributed by atoms with van der Waals surface area (Å²) in [6, 6.07) is 18.3. The van der Waals surface area contributed by atoms with E-state index in [4.69, 9.17) is 0 Å². The largest absolute Gasteiger partial charge is 0.381 e. The van der Waals surface area contributed by atoms with Crippen molar-refractivity contribution in [3.8, 4) is 0 Å². The first-order valence-corrected chi connectivity index (χ1v) is 6.27. The second kappa shape index (κ2) is 5.69. The van der Waals surface area contributed by atoms with Crippen molar-refractivity contribution in [3.63, 3.8) is 0 Å². The van der Waals surface area contributed by atoms with Crippen molar-refractivity contribution >= 4 is 27.2 Å². The Kier molecular flexibility index (Phi) is 3.99. The van der Waals surface area contributed by atoms with Gasteiger partial charge in [0, 0.05) is 16.7 Å². The van der Waals surface area contributed by atoms with Crippen molar-refractivity contribution in [3.05, 3.63) is 71.2 Å². The molecule has 0 spiro atoms. The third-order valence-electron chi connectivity index (χ3n) is 2.53. The molecule has 2 aromatic carbocycles. The molecule has 2 heteroatoms. The summed E-state index contributed by atoms with van der Waals surface area (Å²) in [5.74, 6) is 0. The van der Waals surface area contributed by atoms with Gasteiger partial charge in [-0.05, 0) is 35.4 Å². The molecule has 0 saturated carbocycles. The summed E-state index contributed by atoms with van der Waals surface area (Å²) in [6.45, 7) is 4.84. The summed E-state index contributed by atoms with van der Waals surface area (Å²) in [5.41, 5.74) is 3.37. The van der Waals surface area contributed by atoms with Gasteiger partial charge >= 0.3 is 0 Å². The molecule has 0 saturated heterocycles. The Morgan fingerprint density at radius 1 is 1.00 bits per heavy atom. The van der Waals surface area contributed by atoms with Crippen LogP contribution in [0, 0.1) is 0 Å². The van der Waals surface area contributed by atoms with Gasteiger partial charge in [0.1, 0.15) is 0 Å². The van der Waals surface area contributed by atoms with Crippen LogP contribution < -0.4 is 5.32 Å². The number of benzene rings is 2. The molecule has 2 rings (SSSR count). The molecule has 0 heterocycles. The molecular weight excluding hydrogens is 274 g/mol. The number of rotatable bonds is 4. The van der Waals surface area contributed by atoms with Crippen LogP contribution in [0.2, 0.25) is 0 Å². The normalized spacial score (nSPS) is 9.94. The van der Waals surface area contributed by atoms with Gasteiger partial charge in [0.2, 0.25) is 0 Å². The number of halogens is 1. The zero-order chi connectivity index (χ0) is 12.1. The van der Waals surface area contributed by atoms with Crippen molar-refractivity contribution < 1.29 is 0 Å². The lowest BCUT2D eigenvalue weighted by Crippen LogP contribution is -2.02. The molecule has 0 bridgehead atoms. The fraction of sp³-hybridized carbons (Fsp3) is 0.0667. The highest BCUT2D eigenvalue weighted by Crippen LogP contribution is 2.16. The molecule has 1 nitrogen and oxygen atoms in total. The second-order valence-corrected chi connectivity index (χ2v) is 4.75. The van der Waals surface area contributed by atoms with Gasteiger partial charge in [-0.1, -0.05) is 52.8 Å². The average Bonchev–Trinajstić information content (AvgIpc) is 2.39. The van der Waals surface area contributed by atoms with Crippen molar-refractivity contribution in [2.45, 2.75) is 0 Å². The molecule has 0 aliphatic carbocycles. The average molecular weight is 288 g/mol. The van der Waals surface area contributed by atoms with E-state index >= 15 is 0 Å². The molecular formula is C15H14BrN. The number of nitrogens with one attached hydrogen (secondary N) is 1. The monoisotopic (exact) mass is 287 g/mol. The van der Waals surface area contributed by atoms with Crippen molar-refractivity contribution in [2.24, 2.45) is 0 Å². The molecule has 0 aliphatic heterocycles. The van der Waals surface area contributed by atoms with Crippen LogP contribution in [0.3, 0.4) is 0 Å². The highest BCUT2D eigenvalue weighted by molar-refractivity contribution is 9.10. The molecule has 0 unspecified atom stereocenters. The maximum atomic E-state index is 4.09. The van der Waals surface area contributed by atoms with Gasteiger partial charge in [-0.15, -0.1) is 0 Å². The van der Waals surface area contributed by atoms with Crippen LogP contribution in [-0.2, 0) is 0 Å². The minimum Gasteiger partial charge on any atom is -0.381 e. The second-order valence-electron chi connectivity index (χ2n) is 3.83. The Morgan fingerprint density at radius 3 is 2.29 bits per heavy atom. The van der Waals surface area contributed by atoms with Crippen LogP contribution in [0.15, 0.2) is 65.6 Å². The lowest BCUT2D eigenvalue weighted by molar-refractivity contribution is 1.34. The Labute approximate surface area is 110 Å². The van der Waals surface area contributed by atoms with Gasteiger partial charge in [0.05, 0.1) is 0 Å². The highest BCUT2D eigenvalue weighted by atomic mass is 79.9. The first kappa shape index (κ1) is 11.9. The van der Waals surface area contributed by atoms with Crippen LogP contribution in [-0.4, -0.2) is 6.54 Å². The molecule has 0 fully saturated rings. The zero-order valence-corrected chi connectivity index (χ0v) is 11.1. The molecule has 86 valence electrons. The van der Waals surface area contributed by atoms with E-state index in [0.717, 1.165) is 22.3 Å². The van der Waals surface area contributed by atoms with Crippen molar-refractivity contribution in [1.82, 2.24) is 0 Å². The summed E-state index contributed by atoms with van der Waals surface area (Å²) in [4.78, 5) is 0. The highest BCUT2D eigenvalue weighted by Gasteiger charge is 1.98. The van der Waals surface area contributed by atoms with E-state index in [1.807, 2.05) is 42.5 Å². The minimum absolute atomic E-state index is 0.756. The molecule has 0 aromatic heterocycles. The summed E-state index contributed by atoms with van der Waals surface area (Å²) < 4.78 is 1.09. The fourth-order valence-electron chi connectivity index (χ4n) is 1.55. The van der Waals surface area contributed by atoms with Crippen LogP contribution in [0.1, 0.15) is 5.56 Å². The predicted octanol–water partition coefficient (Wildman–Crippen LogP) is 4.57. The van der Waals surface area contributed by atoms with E-state index < -0.39 is 0 Å². The Bertz CT molecular complexity index is 488. The Hall–Kier alpha value is -1.54. The Morgan fingerprint density at radius 2 is 1.65 bits per heavy atom. The van der Waals surface area contributed by atoms with Gasteiger partial charge in [0.25, 0.3) is 0 Å². The van der Waals surface area contributed by atoms with Gasteiger partial charge in [-0.25, -0.2) is 0 Å². The molecule has 1 N–H and O–H groups in total. The van der Waals surface area contributed by atoms with Crippen LogP contribution >= 0.6 is 15.9 Å². The Balaban J connectivity index is 1.95. The van der Waals surface area contributed by atoms with E-state index in [2.05, 4.69) is 40.0 Å². The van der Waals surface area contributed by atoms with E-state index in [0.29, 0.717) is 0 Å². The first-order chi connectivity index (χ1) is 8.25. The quantitative estimate of drug-likeness (QED) is 0.868. The lowest BCUT2D eigenvalue weighted by Gasteiger charge is -2.09. The number of hydrogen-bond acceptors (Lipinski definition) is 1. The number of hydrogen-bond donors (Lipinski definition) is 1. The molecule has 0 aliphatic rings. The van der Waals surface area contributed by atoms with Crippen molar-refractivity contribution in [1.29, 1.82) is 0 Å². The molecule has 0 radical (unpaired) electrons. The smallest absolute Gasteiger partial charge is 0.0400 e. The zero-order valence-electron chi connectivity index (χ0n) is 9.49. The van der Waals surface area contributed by atoms with E-state index in [-0.39, 0.29) is 0 Å². The topological polar surface area (TPSA) is 12.0 Å². The van der Waals surface area contributed by atoms with Crippen LogP contribution in [0.4, 0.5) is 5.69 Å². The first-order valence-electron chi connectivity index (χ1n) is 5.48. The van der Waals surface area contributed by atoms with E-state index in [1.54, 1.807) is 0 Å². The fourth-order valence-corrected chi connectivity index (χ4v) is 1.82. The standard InChI is InChI=1S/C15H14BrN/c1-12(13-5-3-2-4-6-13)11-17-15-9-7-14(16)8-10-15/h2-10,17H,1,11H2. The third-order valence-corrected chi connectivity index (χ3v) is 3.06. The molecule has 17 heavy (non-hydrogen) atoms.